The molecule has 6 nitrogen and oxygen atoms in total. The van der Waals surface area contributed by atoms with E-state index < -0.39 is 23.5 Å². The van der Waals surface area contributed by atoms with Gasteiger partial charge in [0.15, 0.2) is 5.13 Å². The van der Waals surface area contributed by atoms with E-state index in [-0.39, 0.29) is 11.3 Å². The number of ketones is 1. The minimum absolute atomic E-state index is 0.123. The highest BCUT2D eigenvalue weighted by molar-refractivity contribution is 7.22. The smallest absolute Gasteiger partial charge is 0.301 e. The lowest BCUT2D eigenvalue weighted by Crippen LogP contribution is -2.29. The third kappa shape index (κ3) is 4.03. The number of thiazole rings is 1. The van der Waals surface area contributed by atoms with Crippen molar-refractivity contribution >= 4 is 44.1 Å². The maximum Gasteiger partial charge on any atom is 0.301 e. The Morgan fingerprint density at radius 3 is 2.56 bits per heavy atom. The average molecular weight is 503 g/mol. The number of benzene rings is 3. The summed E-state index contributed by atoms with van der Waals surface area (Å²) in [6, 6.07) is 15.2. The first-order chi connectivity index (χ1) is 17.3. The number of aryl methyl sites for hydroxylation is 2. The number of carbonyl (C=O) groups is 2. The molecule has 1 aliphatic rings. The van der Waals surface area contributed by atoms with E-state index in [1.807, 2.05) is 32.9 Å². The van der Waals surface area contributed by atoms with Gasteiger partial charge in [0.05, 0.1) is 28.4 Å². The van der Waals surface area contributed by atoms with Gasteiger partial charge in [-0.15, -0.1) is 0 Å². The van der Waals surface area contributed by atoms with Gasteiger partial charge in [0.2, 0.25) is 0 Å². The lowest BCUT2D eigenvalue weighted by Gasteiger charge is -2.23. The Hall–Kier alpha value is -4.04. The van der Waals surface area contributed by atoms with Crippen LogP contribution < -0.4 is 9.64 Å². The lowest BCUT2D eigenvalue weighted by molar-refractivity contribution is -0.132. The van der Waals surface area contributed by atoms with E-state index in [9.17, 15) is 19.1 Å². The molecule has 1 N–H and O–H groups in total. The molecule has 5 rings (SSSR count). The molecule has 36 heavy (non-hydrogen) atoms. The summed E-state index contributed by atoms with van der Waals surface area (Å²) in [5, 5.41) is 11.5. The number of Topliss-reactive ketones (excluding diaryl/α,β-unsaturated/α-hetero) is 1. The summed E-state index contributed by atoms with van der Waals surface area (Å²) in [7, 11) is 0. The van der Waals surface area contributed by atoms with Gasteiger partial charge in [-0.2, -0.15) is 0 Å². The van der Waals surface area contributed by atoms with Crippen molar-refractivity contribution in [2.24, 2.45) is 0 Å². The molecule has 1 aliphatic heterocycles. The molecule has 0 aliphatic carbocycles. The summed E-state index contributed by atoms with van der Waals surface area (Å²) >= 11 is 1.28. The number of hydrogen-bond donors (Lipinski definition) is 1. The molecule has 1 amide bonds. The molecule has 1 atom stereocenters. The zero-order valence-corrected chi connectivity index (χ0v) is 20.7. The van der Waals surface area contributed by atoms with E-state index in [0.29, 0.717) is 28.6 Å². The van der Waals surface area contributed by atoms with Crippen molar-refractivity contribution < 1.29 is 23.8 Å². The highest BCUT2D eigenvalue weighted by Crippen LogP contribution is 2.44. The van der Waals surface area contributed by atoms with Crippen LogP contribution in [0.3, 0.4) is 0 Å². The number of anilines is 1. The summed E-state index contributed by atoms with van der Waals surface area (Å²) in [5.41, 5.74) is 3.30. The fourth-order valence-electron chi connectivity index (χ4n) is 4.52. The lowest BCUT2D eigenvalue weighted by atomic mass is 9.95. The van der Waals surface area contributed by atoms with Crippen molar-refractivity contribution in [1.29, 1.82) is 0 Å². The van der Waals surface area contributed by atoms with Crippen LogP contribution in [0.25, 0.3) is 16.0 Å². The first-order valence-corrected chi connectivity index (χ1v) is 12.3. The molecule has 1 aromatic heterocycles. The molecular weight excluding hydrogens is 479 g/mol. The first kappa shape index (κ1) is 23.7. The van der Waals surface area contributed by atoms with Crippen LogP contribution in [0.4, 0.5) is 9.52 Å². The number of aliphatic hydroxyl groups excluding tert-OH is 1. The number of ether oxygens (including phenoxy) is 1. The van der Waals surface area contributed by atoms with Crippen molar-refractivity contribution in [2.45, 2.75) is 26.8 Å². The maximum atomic E-state index is 14.3. The molecule has 0 bridgehead atoms. The minimum Gasteiger partial charge on any atom is -0.507 e. The number of nitrogens with zero attached hydrogens (tertiary/aromatic N) is 2. The molecular formula is C28H23FN2O4S. The monoisotopic (exact) mass is 502 g/mol. The van der Waals surface area contributed by atoms with Crippen molar-refractivity contribution in [3.63, 3.8) is 0 Å². The Labute approximate surface area is 211 Å². The third-order valence-corrected chi connectivity index (χ3v) is 7.07. The van der Waals surface area contributed by atoms with E-state index in [1.165, 1.54) is 34.4 Å². The largest absolute Gasteiger partial charge is 0.507 e. The van der Waals surface area contributed by atoms with Gasteiger partial charge in [-0.05, 0) is 79.9 Å². The van der Waals surface area contributed by atoms with Crippen LogP contribution in [-0.2, 0) is 9.59 Å². The van der Waals surface area contributed by atoms with Gasteiger partial charge >= 0.3 is 5.91 Å². The molecule has 182 valence electrons. The van der Waals surface area contributed by atoms with Gasteiger partial charge in [-0.1, -0.05) is 29.5 Å². The van der Waals surface area contributed by atoms with E-state index in [4.69, 9.17) is 4.74 Å². The summed E-state index contributed by atoms with van der Waals surface area (Å²) in [4.78, 5) is 32.6. The van der Waals surface area contributed by atoms with Crippen LogP contribution >= 0.6 is 11.3 Å². The highest BCUT2D eigenvalue weighted by atomic mass is 32.1. The topological polar surface area (TPSA) is 79.7 Å². The summed E-state index contributed by atoms with van der Waals surface area (Å²) in [5.74, 6) is -1.94. The number of carbonyl (C=O) groups excluding carboxylic acids is 2. The van der Waals surface area contributed by atoms with Crippen LogP contribution in [0, 0.1) is 19.7 Å². The molecule has 0 spiro atoms. The van der Waals surface area contributed by atoms with Crippen molar-refractivity contribution in [1.82, 2.24) is 4.98 Å². The number of halogens is 1. The van der Waals surface area contributed by atoms with Crippen LogP contribution in [-0.4, -0.2) is 28.4 Å². The Balaban J connectivity index is 1.70. The zero-order chi connectivity index (χ0) is 25.6. The van der Waals surface area contributed by atoms with Crippen LogP contribution in [0.2, 0.25) is 0 Å². The van der Waals surface area contributed by atoms with Gasteiger partial charge < -0.3 is 9.84 Å². The fraction of sp³-hybridized carbons (Fsp3) is 0.179. The molecule has 0 radical (unpaired) electrons. The average Bonchev–Trinajstić information content (AvgIpc) is 3.38. The van der Waals surface area contributed by atoms with Crippen molar-refractivity contribution in [3.05, 3.63) is 94.3 Å². The number of hydrogen-bond acceptors (Lipinski definition) is 6. The Bertz CT molecular complexity index is 1540. The zero-order valence-electron chi connectivity index (χ0n) is 19.9. The molecule has 4 aromatic rings. The van der Waals surface area contributed by atoms with E-state index in [0.717, 1.165) is 21.3 Å². The summed E-state index contributed by atoms with van der Waals surface area (Å²) in [6.07, 6.45) is 0. The van der Waals surface area contributed by atoms with E-state index >= 15 is 0 Å². The predicted octanol–water partition coefficient (Wildman–Crippen LogP) is 6.08. The minimum atomic E-state index is -1.05. The Morgan fingerprint density at radius 2 is 1.86 bits per heavy atom. The van der Waals surface area contributed by atoms with E-state index in [1.54, 1.807) is 30.3 Å². The van der Waals surface area contributed by atoms with Gasteiger partial charge in [0.1, 0.15) is 17.3 Å². The van der Waals surface area contributed by atoms with Crippen molar-refractivity contribution in [3.8, 4) is 5.75 Å². The maximum absolute atomic E-state index is 14.3. The Kier molecular flexibility index (Phi) is 6.05. The van der Waals surface area contributed by atoms with Gasteiger partial charge in [0.25, 0.3) is 5.78 Å². The normalized spacial score (nSPS) is 17.2. The Morgan fingerprint density at radius 1 is 1.11 bits per heavy atom. The molecule has 8 heteroatoms. The van der Waals surface area contributed by atoms with E-state index in [2.05, 4.69) is 4.98 Å². The third-order valence-electron chi connectivity index (χ3n) is 6.07. The predicted molar refractivity (Wildman–Crippen MR) is 138 cm³/mol. The SMILES string of the molecule is CCOc1ccc(C(O)=C2C(=O)C(=O)N(c3nc4c(C)cc(C)cc4s3)[C@H]2c2cccc(F)c2)cc1. The summed E-state index contributed by atoms with van der Waals surface area (Å²) in [6.45, 7) is 6.25. The quantitative estimate of drug-likeness (QED) is 0.203. The van der Waals surface area contributed by atoms with Gasteiger partial charge in [-0.25, -0.2) is 9.37 Å². The molecule has 1 fully saturated rings. The van der Waals surface area contributed by atoms with Gasteiger partial charge in [-0.3, -0.25) is 14.5 Å². The molecule has 2 heterocycles. The number of amides is 1. The number of aromatic nitrogens is 1. The molecule has 1 saturated heterocycles. The second kappa shape index (κ2) is 9.20. The van der Waals surface area contributed by atoms with Gasteiger partial charge in [0, 0.05) is 5.56 Å². The van der Waals surface area contributed by atoms with Crippen molar-refractivity contribution in [2.75, 3.05) is 11.5 Å². The van der Waals surface area contributed by atoms with Crippen LogP contribution in [0.5, 0.6) is 5.75 Å². The fourth-order valence-corrected chi connectivity index (χ4v) is 5.68. The summed E-state index contributed by atoms with van der Waals surface area (Å²) < 4.78 is 20.6. The second-order valence-electron chi connectivity index (χ2n) is 8.61. The number of fused-ring (bicyclic) bond motifs is 1. The molecule has 0 saturated carbocycles. The number of rotatable bonds is 5. The highest BCUT2D eigenvalue weighted by Gasteiger charge is 2.48. The molecule has 3 aromatic carbocycles. The first-order valence-electron chi connectivity index (χ1n) is 11.5. The molecule has 0 unspecified atom stereocenters. The van der Waals surface area contributed by atoms with Crippen LogP contribution in [0.15, 0.2) is 66.2 Å². The van der Waals surface area contributed by atoms with Crippen LogP contribution in [0.1, 0.15) is 35.2 Å². The second-order valence-corrected chi connectivity index (χ2v) is 9.62. The standard InChI is InChI=1S/C28H23FN2O4S/c1-4-35-20-10-8-17(9-11-20)25(32)22-24(18-6-5-7-19(29)14-18)31(27(34)26(22)33)28-30-23-16(3)12-15(2)13-21(23)36-28/h5-14,24,32H,4H2,1-3H3/t24-/m0/s1. The number of aliphatic hydroxyl groups is 1.